The second-order valence-corrected chi connectivity index (χ2v) is 5.99. The number of pyridine rings is 1. The van der Waals surface area contributed by atoms with Gasteiger partial charge in [-0.15, -0.1) is 0 Å². The van der Waals surface area contributed by atoms with Gasteiger partial charge in [-0.05, 0) is 25.8 Å². The lowest BCUT2D eigenvalue weighted by Crippen LogP contribution is -2.26. The Morgan fingerprint density at radius 2 is 2.04 bits per heavy atom. The Bertz CT molecular complexity index is 886. The van der Waals surface area contributed by atoms with Crippen molar-refractivity contribution in [2.45, 2.75) is 25.8 Å². The summed E-state index contributed by atoms with van der Waals surface area (Å²) >= 11 is 0. The van der Waals surface area contributed by atoms with Crippen LogP contribution >= 0.6 is 0 Å². The third kappa shape index (κ3) is 3.92. The molecule has 1 atom stereocenters. The van der Waals surface area contributed by atoms with Gasteiger partial charge in [0.2, 0.25) is 5.91 Å². The molecule has 2 heterocycles. The summed E-state index contributed by atoms with van der Waals surface area (Å²) in [5.74, 6) is -0.662. The highest BCUT2D eigenvalue weighted by Crippen LogP contribution is 2.30. The predicted molar refractivity (Wildman–Crippen MR) is 92.1 cm³/mol. The highest BCUT2D eigenvalue weighted by atomic mass is 16.4. The van der Waals surface area contributed by atoms with Crippen LogP contribution in [0.2, 0.25) is 0 Å². The van der Waals surface area contributed by atoms with Gasteiger partial charge in [-0.2, -0.15) is 5.26 Å². The molecular formula is C17H16N6O3. The number of carboxylic acids is 1. The minimum absolute atomic E-state index is 0.0544. The predicted octanol–water partition coefficient (Wildman–Crippen LogP) is 1.64. The molecule has 9 heteroatoms. The molecule has 1 fully saturated rings. The molecule has 0 unspecified atom stereocenters. The molecule has 0 spiro atoms. The van der Waals surface area contributed by atoms with Crippen molar-refractivity contribution in [1.82, 2.24) is 15.0 Å². The van der Waals surface area contributed by atoms with Crippen molar-refractivity contribution in [2.75, 3.05) is 10.6 Å². The topological polar surface area (TPSA) is 141 Å². The molecule has 0 bridgehead atoms. The molecule has 26 heavy (non-hydrogen) atoms. The number of carbonyl (C=O) groups excluding carboxylic acids is 1. The van der Waals surface area contributed by atoms with Gasteiger partial charge < -0.3 is 15.7 Å². The number of hydrogen-bond donors (Lipinski definition) is 3. The maximum Gasteiger partial charge on any atom is 0.325 e. The zero-order valence-corrected chi connectivity index (χ0v) is 13.9. The van der Waals surface area contributed by atoms with Crippen molar-refractivity contribution in [3.63, 3.8) is 0 Å². The highest BCUT2D eigenvalue weighted by molar-refractivity contribution is 5.93. The first kappa shape index (κ1) is 17.3. The minimum Gasteiger partial charge on any atom is -0.480 e. The van der Waals surface area contributed by atoms with Crippen LogP contribution in [0.4, 0.5) is 11.5 Å². The van der Waals surface area contributed by atoms with Crippen LogP contribution in [0.1, 0.15) is 25.5 Å². The van der Waals surface area contributed by atoms with Crippen LogP contribution in [0, 0.1) is 17.2 Å². The largest absolute Gasteiger partial charge is 0.480 e. The van der Waals surface area contributed by atoms with Crippen LogP contribution in [0.15, 0.2) is 24.7 Å². The summed E-state index contributed by atoms with van der Waals surface area (Å²) in [6.45, 7) is 1.47. The fraction of sp³-hybridized carbons (Fsp3) is 0.294. The van der Waals surface area contributed by atoms with Gasteiger partial charge in [0.1, 0.15) is 12.1 Å². The van der Waals surface area contributed by atoms with Crippen LogP contribution in [0.3, 0.4) is 0 Å². The molecule has 2 aromatic rings. The van der Waals surface area contributed by atoms with Gasteiger partial charge in [-0.25, -0.2) is 9.97 Å². The van der Waals surface area contributed by atoms with E-state index in [4.69, 9.17) is 10.4 Å². The summed E-state index contributed by atoms with van der Waals surface area (Å²) in [6.07, 6.45) is 6.19. The van der Waals surface area contributed by atoms with E-state index in [-0.39, 0.29) is 17.5 Å². The summed E-state index contributed by atoms with van der Waals surface area (Å²) in [5.41, 5.74) is 1.44. The number of nitrogens with zero attached hydrogens (tertiary/aromatic N) is 4. The number of carbonyl (C=O) groups is 2. The van der Waals surface area contributed by atoms with E-state index in [0.717, 1.165) is 12.8 Å². The van der Waals surface area contributed by atoms with Gasteiger partial charge in [0.25, 0.3) is 0 Å². The van der Waals surface area contributed by atoms with Crippen molar-refractivity contribution in [3.8, 4) is 17.3 Å². The number of anilines is 2. The van der Waals surface area contributed by atoms with E-state index in [1.54, 1.807) is 6.07 Å². The zero-order valence-electron chi connectivity index (χ0n) is 13.9. The van der Waals surface area contributed by atoms with Crippen molar-refractivity contribution >= 4 is 23.4 Å². The first-order chi connectivity index (χ1) is 12.5. The third-order valence-electron chi connectivity index (χ3n) is 3.88. The standard InChI is InChI=1S/C17H16N6O3/c1-9(17(25)26)22-12-4-11(6-19-13(12)5-18)14-7-21-15(8-20-14)23-16(24)10-2-3-10/h4,6-10,22H,2-3H2,1H3,(H,25,26)(H,21,23,24)/t9-/m0/s1. The van der Waals surface area contributed by atoms with E-state index in [0.29, 0.717) is 22.8 Å². The number of aromatic nitrogens is 3. The molecule has 0 radical (unpaired) electrons. The molecule has 1 saturated carbocycles. The van der Waals surface area contributed by atoms with Crippen LogP contribution in [0.25, 0.3) is 11.3 Å². The van der Waals surface area contributed by atoms with E-state index in [1.165, 1.54) is 25.5 Å². The normalized spacial score (nSPS) is 14.2. The molecule has 1 aliphatic rings. The van der Waals surface area contributed by atoms with Gasteiger partial charge in [-0.1, -0.05) is 0 Å². The molecule has 3 N–H and O–H groups in total. The van der Waals surface area contributed by atoms with Crippen molar-refractivity contribution in [3.05, 3.63) is 30.4 Å². The zero-order chi connectivity index (χ0) is 18.7. The molecule has 0 saturated heterocycles. The molecule has 1 aliphatic carbocycles. The van der Waals surface area contributed by atoms with Gasteiger partial charge in [-0.3, -0.25) is 14.6 Å². The Morgan fingerprint density at radius 3 is 2.62 bits per heavy atom. The van der Waals surface area contributed by atoms with Crippen molar-refractivity contribution in [2.24, 2.45) is 5.92 Å². The van der Waals surface area contributed by atoms with E-state index in [1.807, 2.05) is 6.07 Å². The number of carboxylic acid groups (broad SMARTS) is 1. The summed E-state index contributed by atoms with van der Waals surface area (Å²) in [5, 5.41) is 23.6. The number of nitriles is 1. The van der Waals surface area contributed by atoms with E-state index in [9.17, 15) is 9.59 Å². The number of nitrogens with one attached hydrogen (secondary N) is 2. The first-order valence-electron chi connectivity index (χ1n) is 8.00. The Labute approximate surface area is 149 Å². The lowest BCUT2D eigenvalue weighted by atomic mass is 10.1. The average molecular weight is 352 g/mol. The Balaban J connectivity index is 1.80. The van der Waals surface area contributed by atoms with Gasteiger partial charge in [0, 0.05) is 17.7 Å². The molecule has 1 amide bonds. The van der Waals surface area contributed by atoms with E-state index in [2.05, 4.69) is 25.6 Å². The van der Waals surface area contributed by atoms with Gasteiger partial charge in [0.05, 0.1) is 23.8 Å². The van der Waals surface area contributed by atoms with Crippen molar-refractivity contribution in [1.29, 1.82) is 5.26 Å². The molecule has 9 nitrogen and oxygen atoms in total. The Hall–Kier alpha value is -3.54. The third-order valence-corrected chi connectivity index (χ3v) is 3.88. The fourth-order valence-electron chi connectivity index (χ4n) is 2.21. The number of hydrogen-bond acceptors (Lipinski definition) is 7. The Morgan fingerprint density at radius 1 is 1.27 bits per heavy atom. The second kappa shape index (κ2) is 7.14. The monoisotopic (exact) mass is 352 g/mol. The molecular weight excluding hydrogens is 336 g/mol. The van der Waals surface area contributed by atoms with E-state index >= 15 is 0 Å². The number of amides is 1. The van der Waals surface area contributed by atoms with Crippen molar-refractivity contribution < 1.29 is 14.7 Å². The second-order valence-electron chi connectivity index (χ2n) is 5.99. The minimum atomic E-state index is -1.05. The lowest BCUT2D eigenvalue weighted by molar-refractivity contribution is -0.137. The molecule has 3 rings (SSSR count). The van der Waals surface area contributed by atoms with Crippen LogP contribution in [0.5, 0.6) is 0 Å². The summed E-state index contributed by atoms with van der Waals surface area (Å²) in [4.78, 5) is 35.2. The number of rotatable bonds is 6. The highest BCUT2D eigenvalue weighted by Gasteiger charge is 2.29. The maximum atomic E-state index is 11.7. The Kier molecular flexibility index (Phi) is 4.75. The van der Waals surface area contributed by atoms with E-state index < -0.39 is 12.0 Å². The first-order valence-corrected chi connectivity index (χ1v) is 8.00. The summed E-state index contributed by atoms with van der Waals surface area (Å²) < 4.78 is 0. The van der Waals surface area contributed by atoms with Gasteiger partial charge >= 0.3 is 5.97 Å². The number of aliphatic carboxylic acids is 1. The summed E-state index contributed by atoms with van der Waals surface area (Å²) in [6, 6.07) is 2.63. The fourth-order valence-corrected chi connectivity index (χ4v) is 2.21. The molecule has 0 aliphatic heterocycles. The van der Waals surface area contributed by atoms with Gasteiger partial charge in [0.15, 0.2) is 11.5 Å². The SMILES string of the molecule is C[C@H](Nc1cc(-c2cnc(NC(=O)C3CC3)cn2)cnc1C#N)C(=O)O. The molecule has 0 aromatic carbocycles. The summed E-state index contributed by atoms with van der Waals surface area (Å²) in [7, 11) is 0. The molecule has 2 aromatic heterocycles. The average Bonchev–Trinajstić information content (AvgIpc) is 3.47. The van der Waals surface area contributed by atoms with Crippen LogP contribution in [-0.2, 0) is 9.59 Å². The lowest BCUT2D eigenvalue weighted by Gasteiger charge is -2.13. The van der Waals surface area contributed by atoms with Crippen LogP contribution < -0.4 is 10.6 Å². The smallest absolute Gasteiger partial charge is 0.325 e. The van der Waals surface area contributed by atoms with Crippen LogP contribution in [-0.4, -0.2) is 38.0 Å². The maximum absolute atomic E-state index is 11.7. The molecule has 132 valence electrons. The quantitative estimate of drug-likeness (QED) is 0.712.